The van der Waals surface area contributed by atoms with Crippen molar-refractivity contribution in [3.8, 4) is 0 Å². The van der Waals surface area contributed by atoms with Crippen LogP contribution < -0.4 is 10.5 Å². The lowest BCUT2D eigenvalue weighted by molar-refractivity contribution is -0.125. The third-order valence-electron chi connectivity index (χ3n) is 3.02. The number of fused-ring (bicyclic) bond motifs is 1. The summed E-state index contributed by atoms with van der Waals surface area (Å²) in [6.07, 6.45) is 0.00494. The van der Waals surface area contributed by atoms with E-state index in [-0.39, 0.29) is 4.90 Å². The summed E-state index contributed by atoms with van der Waals surface area (Å²) in [6, 6.07) is 6.39. The Morgan fingerprint density at radius 3 is 2.81 bits per heavy atom. The van der Waals surface area contributed by atoms with Gasteiger partial charge in [-0.15, -0.1) is 0 Å². The van der Waals surface area contributed by atoms with E-state index < -0.39 is 28.6 Å². The molecule has 0 aliphatic rings. The van der Waals surface area contributed by atoms with E-state index in [0.29, 0.717) is 10.9 Å². The number of nitrogens with one attached hydrogen (secondary N) is 1. The Balaban J connectivity index is 2.41. The van der Waals surface area contributed by atoms with Gasteiger partial charge in [-0.3, -0.25) is 9.78 Å². The predicted octanol–water partition coefficient (Wildman–Crippen LogP) is -0.332. The maximum atomic E-state index is 12.3. The molecule has 8 heteroatoms. The Hall–Kier alpha value is -2.03. The second kappa shape index (κ2) is 5.76. The third kappa shape index (κ3) is 3.18. The first-order valence-corrected chi connectivity index (χ1v) is 7.62. The molecular weight excluding hydrogens is 294 g/mol. The highest BCUT2D eigenvalue weighted by molar-refractivity contribution is 7.89. The van der Waals surface area contributed by atoms with Crippen LogP contribution in [0.25, 0.3) is 10.9 Å². The van der Waals surface area contributed by atoms with Gasteiger partial charge >= 0.3 is 0 Å². The normalized spacial score (nSPS) is 13.2. The highest BCUT2D eigenvalue weighted by Gasteiger charge is 2.21. The summed E-state index contributed by atoms with van der Waals surface area (Å²) >= 11 is 0. The molecule has 2 rings (SSSR count). The summed E-state index contributed by atoms with van der Waals surface area (Å²) in [5.41, 5.74) is 6.31. The van der Waals surface area contributed by atoms with Crippen molar-refractivity contribution in [3.63, 3.8) is 0 Å². The predicted molar refractivity (Wildman–Crippen MR) is 76.9 cm³/mol. The summed E-state index contributed by atoms with van der Waals surface area (Å²) in [5, 5.41) is 9.75. The van der Waals surface area contributed by atoms with E-state index in [9.17, 15) is 18.3 Å². The monoisotopic (exact) mass is 309 g/mol. The van der Waals surface area contributed by atoms with Gasteiger partial charge in [-0.05, 0) is 30.7 Å². The Kier molecular flexibility index (Phi) is 4.21. The number of rotatable bonds is 5. The molecule has 0 fully saturated rings. The number of aliphatic hydroxyl groups excluding tert-OH is 1. The molecule has 0 radical (unpaired) electrons. The zero-order valence-electron chi connectivity index (χ0n) is 11.3. The van der Waals surface area contributed by atoms with Gasteiger partial charge in [0, 0.05) is 18.1 Å². The van der Waals surface area contributed by atoms with E-state index in [2.05, 4.69) is 9.71 Å². The van der Waals surface area contributed by atoms with E-state index >= 15 is 0 Å². The third-order valence-corrected chi connectivity index (χ3v) is 4.50. The topological polar surface area (TPSA) is 122 Å². The summed E-state index contributed by atoms with van der Waals surface area (Å²) in [4.78, 5) is 14.9. The maximum Gasteiger partial charge on any atom is 0.247 e. The number of aliphatic hydroxyl groups is 1. The lowest BCUT2D eigenvalue weighted by Crippen LogP contribution is -2.39. The number of amides is 1. The van der Waals surface area contributed by atoms with Crippen molar-refractivity contribution >= 4 is 26.8 Å². The van der Waals surface area contributed by atoms with Crippen LogP contribution in [0.15, 0.2) is 35.4 Å². The molecule has 0 aliphatic carbocycles. The van der Waals surface area contributed by atoms with Crippen molar-refractivity contribution < 1.29 is 18.3 Å². The van der Waals surface area contributed by atoms with Crippen LogP contribution in [0, 0.1) is 6.92 Å². The zero-order chi connectivity index (χ0) is 15.6. The van der Waals surface area contributed by atoms with Crippen LogP contribution in [0.3, 0.4) is 0 Å². The minimum atomic E-state index is -3.89. The number of primary amides is 1. The minimum absolute atomic E-state index is 0.0351. The molecular formula is C13H15N3O4S. The average molecular weight is 309 g/mol. The van der Waals surface area contributed by atoms with Gasteiger partial charge in [-0.25, -0.2) is 13.1 Å². The van der Waals surface area contributed by atoms with Crippen LogP contribution in [0.1, 0.15) is 5.56 Å². The summed E-state index contributed by atoms with van der Waals surface area (Å²) in [7, 11) is -3.89. The molecule has 112 valence electrons. The van der Waals surface area contributed by atoms with E-state index in [1.165, 1.54) is 6.07 Å². The number of sulfonamides is 1. The number of nitrogens with zero attached hydrogens (tertiary/aromatic N) is 1. The number of aryl methyl sites for hydroxylation is 1. The van der Waals surface area contributed by atoms with Gasteiger partial charge in [0.05, 0.1) is 10.4 Å². The fourth-order valence-corrected chi connectivity index (χ4v) is 3.12. The quantitative estimate of drug-likeness (QED) is 0.698. The Labute approximate surface area is 121 Å². The van der Waals surface area contributed by atoms with E-state index in [0.717, 1.165) is 5.56 Å². The minimum Gasteiger partial charge on any atom is -0.382 e. The first kappa shape index (κ1) is 15.4. The highest BCUT2D eigenvalue weighted by atomic mass is 32.2. The molecule has 21 heavy (non-hydrogen) atoms. The molecule has 4 N–H and O–H groups in total. The molecule has 1 amide bonds. The van der Waals surface area contributed by atoms with Crippen molar-refractivity contribution in [3.05, 3.63) is 36.0 Å². The number of aromatic nitrogens is 1. The SMILES string of the molecule is Cc1ccc(S(=O)(=O)NCC(O)C(N)=O)c2cccnc12. The van der Waals surface area contributed by atoms with Crippen LogP contribution in [0.4, 0.5) is 0 Å². The fourth-order valence-electron chi connectivity index (χ4n) is 1.89. The number of carbonyl (C=O) groups is 1. The van der Waals surface area contributed by atoms with Crippen molar-refractivity contribution in [2.45, 2.75) is 17.9 Å². The van der Waals surface area contributed by atoms with Crippen LogP contribution in [-0.4, -0.2) is 37.1 Å². The Bertz CT molecular complexity index is 789. The number of nitrogens with two attached hydrogens (primary N) is 1. The van der Waals surface area contributed by atoms with Crippen molar-refractivity contribution in [1.29, 1.82) is 0 Å². The number of pyridine rings is 1. The molecule has 1 unspecified atom stereocenters. The van der Waals surface area contributed by atoms with E-state index in [1.807, 2.05) is 6.92 Å². The number of hydrogen-bond acceptors (Lipinski definition) is 5. The Morgan fingerprint density at radius 2 is 2.14 bits per heavy atom. The van der Waals surface area contributed by atoms with Crippen molar-refractivity contribution in [2.24, 2.45) is 5.73 Å². The largest absolute Gasteiger partial charge is 0.382 e. The van der Waals surface area contributed by atoms with Crippen LogP contribution >= 0.6 is 0 Å². The van der Waals surface area contributed by atoms with Crippen molar-refractivity contribution in [1.82, 2.24) is 9.71 Å². The summed E-state index contributed by atoms with van der Waals surface area (Å²) in [5.74, 6) is -0.992. The maximum absolute atomic E-state index is 12.3. The fraction of sp³-hybridized carbons (Fsp3) is 0.231. The lowest BCUT2D eigenvalue weighted by Gasteiger charge is -2.12. The number of carbonyl (C=O) groups excluding carboxylic acids is 1. The molecule has 1 heterocycles. The molecule has 0 spiro atoms. The molecule has 1 aromatic carbocycles. The number of benzene rings is 1. The molecule has 1 aromatic heterocycles. The van der Waals surface area contributed by atoms with E-state index in [4.69, 9.17) is 5.73 Å². The van der Waals surface area contributed by atoms with Crippen LogP contribution in [0.5, 0.6) is 0 Å². The molecule has 2 aromatic rings. The molecule has 0 saturated heterocycles. The van der Waals surface area contributed by atoms with Gasteiger partial charge in [-0.1, -0.05) is 6.07 Å². The second-order valence-electron chi connectivity index (χ2n) is 4.55. The standard InChI is InChI=1S/C13H15N3O4S/c1-8-4-5-11(9-3-2-6-15-12(8)9)21(19,20)16-7-10(17)13(14)18/h2-6,10,16-17H,7H2,1H3,(H2,14,18). The van der Waals surface area contributed by atoms with Gasteiger partial charge < -0.3 is 10.8 Å². The first-order valence-electron chi connectivity index (χ1n) is 6.14. The molecule has 1 atom stereocenters. The highest BCUT2D eigenvalue weighted by Crippen LogP contribution is 2.23. The van der Waals surface area contributed by atoms with Gasteiger partial charge in [0.15, 0.2) is 0 Å². The van der Waals surface area contributed by atoms with E-state index in [1.54, 1.807) is 24.4 Å². The van der Waals surface area contributed by atoms with Gasteiger partial charge in [0.25, 0.3) is 0 Å². The molecule has 0 saturated carbocycles. The lowest BCUT2D eigenvalue weighted by atomic mass is 10.1. The van der Waals surface area contributed by atoms with Crippen LogP contribution in [-0.2, 0) is 14.8 Å². The number of hydrogen-bond donors (Lipinski definition) is 3. The summed E-state index contributed by atoms with van der Waals surface area (Å²) in [6.45, 7) is 1.35. The average Bonchev–Trinajstić information content (AvgIpc) is 2.45. The smallest absolute Gasteiger partial charge is 0.247 e. The van der Waals surface area contributed by atoms with Gasteiger partial charge in [0.1, 0.15) is 6.10 Å². The molecule has 0 bridgehead atoms. The molecule has 0 aliphatic heterocycles. The molecule has 7 nitrogen and oxygen atoms in total. The second-order valence-corrected chi connectivity index (χ2v) is 6.29. The van der Waals surface area contributed by atoms with Gasteiger partial charge in [0.2, 0.25) is 15.9 Å². The van der Waals surface area contributed by atoms with Crippen LogP contribution in [0.2, 0.25) is 0 Å². The first-order chi connectivity index (χ1) is 9.83. The zero-order valence-corrected chi connectivity index (χ0v) is 12.1. The Morgan fingerprint density at radius 1 is 1.43 bits per heavy atom. The summed E-state index contributed by atoms with van der Waals surface area (Å²) < 4.78 is 26.7. The van der Waals surface area contributed by atoms with Gasteiger partial charge in [-0.2, -0.15) is 0 Å². The van der Waals surface area contributed by atoms with Crippen molar-refractivity contribution in [2.75, 3.05) is 6.54 Å².